The number of alkyl halides is 4. The summed E-state index contributed by atoms with van der Waals surface area (Å²) in [5, 5.41) is 0.183. The van der Waals surface area contributed by atoms with E-state index in [1.807, 2.05) is 0 Å². The van der Waals surface area contributed by atoms with Gasteiger partial charge in [-0.2, -0.15) is 17.6 Å². The van der Waals surface area contributed by atoms with E-state index in [-0.39, 0.29) is 10.6 Å². The molecule has 9 heteroatoms. The second kappa shape index (κ2) is 4.84. The van der Waals surface area contributed by atoms with Crippen LogP contribution in [0.2, 0.25) is 0 Å². The van der Waals surface area contributed by atoms with Crippen LogP contribution in [0.15, 0.2) is 12.1 Å². The highest BCUT2D eigenvalue weighted by atomic mass is 32.1. The summed E-state index contributed by atoms with van der Waals surface area (Å²) in [4.78, 5) is 3.83. The third-order valence-electron chi connectivity index (χ3n) is 1.90. The molecule has 0 aliphatic rings. The van der Waals surface area contributed by atoms with Crippen LogP contribution in [0.1, 0.15) is 0 Å². The number of halogens is 4. The molecule has 18 heavy (non-hydrogen) atoms. The van der Waals surface area contributed by atoms with Gasteiger partial charge >= 0.3 is 13.2 Å². The molecular weight excluding hydrogens is 276 g/mol. The van der Waals surface area contributed by atoms with Gasteiger partial charge in [0.25, 0.3) is 0 Å². The van der Waals surface area contributed by atoms with E-state index in [0.717, 1.165) is 23.5 Å². The molecule has 0 unspecified atom stereocenters. The number of hydrogen-bond donors (Lipinski definition) is 1. The molecular formula is C9H6F4N2O2S. The van der Waals surface area contributed by atoms with Gasteiger partial charge in [-0.05, 0) is 0 Å². The molecule has 0 spiro atoms. The molecule has 2 rings (SSSR count). The van der Waals surface area contributed by atoms with Crippen LogP contribution in [0.5, 0.6) is 11.5 Å². The second-order valence-corrected chi connectivity index (χ2v) is 4.14. The summed E-state index contributed by atoms with van der Waals surface area (Å²) in [6.45, 7) is -6.30. The third kappa shape index (κ3) is 2.73. The molecule has 0 atom stereocenters. The Balaban J connectivity index is 2.48. The van der Waals surface area contributed by atoms with Crippen molar-refractivity contribution >= 4 is 26.7 Å². The molecule has 4 nitrogen and oxygen atoms in total. The SMILES string of the molecule is Nc1nc2cc(OC(F)F)c(OC(F)F)cc2s1. The first-order valence-electron chi connectivity index (χ1n) is 4.55. The van der Waals surface area contributed by atoms with Crippen molar-refractivity contribution in [3.8, 4) is 11.5 Å². The number of nitrogens with two attached hydrogens (primary N) is 1. The molecule has 2 aromatic rings. The molecule has 0 bridgehead atoms. The molecule has 0 aliphatic heterocycles. The predicted molar refractivity (Wildman–Crippen MR) is 57.3 cm³/mol. The Kier molecular flexibility index (Phi) is 3.41. The number of benzene rings is 1. The van der Waals surface area contributed by atoms with Crippen molar-refractivity contribution in [3.63, 3.8) is 0 Å². The first-order chi connectivity index (χ1) is 8.45. The van der Waals surface area contributed by atoms with E-state index in [9.17, 15) is 17.6 Å². The van der Waals surface area contributed by atoms with Crippen LogP contribution in [0.25, 0.3) is 10.2 Å². The zero-order valence-corrected chi connectivity index (χ0v) is 9.39. The zero-order chi connectivity index (χ0) is 13.3. The van der Waals surface area contributed by atoms with Gasteiger partial charge in [0.15, 0.2) is 16.6 Å². The van der Waals surface area contributed by atoms with Crippen LogP contribution < -0.4 is 15.2 Å². The van der Waals surface area contributed by atoms with Crippen LogP contribution in [0.3, 0.4) is 0 Å². The maximum Gasteiger partial charge on any atom is 0.387 e. The van der Waals surface area contributed by atoms with E-state index in [1.54, 1.807) is 0 Å². The van der Waals surface area contributed by atoms with Crippen LogP contribution >= 0.6 is 11.3 Å². The largest absolute Gasteiger partial charge is 0.431 e. The number of hydrogen-bond acceptors (Lipinski definition) is 5. The summed E-state index contributed by atoms with van der Waals surface area (Å²) in [6.07, 6.45) is 0. The summed E-state index contributed by atoms with van der Waals surface area (Å²) in [5.74, 6) is -0.996. The van der Waals surface area contributed by atoms with Gasteiger partial charge in [-0.1, -0.05) is 11.3 Å². The van der Waals surface area contributed by atoms with Gasteiger partial charge in [-0.15, -0.1) is 0 Å². The van der Waals surface area contributed by atoms with Gasteiger partial charge in [0.1, 0.15) is 0 Å². The number of nitrogen functional groups attached to an aromatic ring is 1. The summed E-state index contributed by atoms with van der Waals surface area (Å²) in [5.41, 5.74) is 5.70. The van der Waals surface area contributed by atoms with E-state index in [4.69, 9.17) is 5.73 Å². The van der Waals surface area contributed by atoms with Crippen LogP contribution in [-0.2, 0) is 0 Å². The van der Waals surface area contributed by atoms with E-state index in [2.05, 4.69) is 14.5 Å². The van der Waals surface area contributed by atoms with Gasteiger partial charge in [-0.25, -0.2) is 4.98 Å². The lowest BCUT2D eigenvalue weighted by Gasteiger charge is -2.11. The summed E-state index contributed by atoms with van der Waals surface area (Å²) < 4.78 is 57.2. The maximum absolute atomic E-state index is 12.1. The quantitative estimate of drug-likeness (QED) is 0.875. The fourth-order valence-electron chi connectivity index (χ4n) is 1.33. The molecule has 0 saturated heterocycles. The number of nitrogens with zero attached hydrogens (tertiary/aromatic N) is 1. The summed E-state index contributed by atoms with van der Waals surface area (Å²) in [7, 11) is 0. The summed E-state index contributed by atoms with van der Waals surface area (Å²) >= 11 is 1.02. The van der Waals surface area contributed by atoms with Gasteiger partial charge < -0.3 is 15.2 Å². The standard InChI is InChI=1S/C9H6F4N2O2S/c10-7(11)16-4-1-3-6(18-9(14)15-3)2-5(4)17-8(12)13/h1-2,7-8H,(H2,14,15). The molecule has 2 N–H and O–H groups in total. The Morgan fingerprint density at radius 3 is 2.17 bits per heavy atom. The smallest absolute Gasteiger partial charge is 0.387 e. The molecule has 0 aliphatic carbocycles. The number of anilines is 1. The minimum Gasteiger partial charge on any atom is -0.431 e. The average molecular weight is 282 g/mol. The van der Waals surface area contributed by atoms with Gasteiger partial charge in [0, 0.05) is 12.1 Å². The Morgan fingerprint density at radius 1 is 1.06 bits per heavy atom. The van der Waals surface area contributed by atoms with E-state index >= 15 is 0 Å². The van der Waals surface area contributed by atoms with Crippen molar-refractivity contribution in [1.82, 2.24) is 4.98 Å². The lowest BCUT2D eigenvalue weighted by molar-refractivity contribution is -0.0690. The Hall–Kier alpha value is -1.77. The lowest BCUT2D eigenvalue weighted by atomic mass is 10.3. The van der Waals surface area contributed by atoms with Gasteiger partial charge in [0.05, 0.1) is 10.2 Å². The highest BCUT2D eigenvalue weighted by Gasteiger charge is 2.17. The number of aromatic nitrogens is 1. The fraction of sp³-hybridized carbons (Fsp3) is 0.222. The van der Waals surface area contributed by atoms with Crippen LogP contribution in [0.4, 0.5) is 22.7 Å². The lowest BCUT2D eigenvalue weighted by Crippen LogP contribution is -2.07. The van der Waals surface area contributed by atoms with Crippen LogP contribution in [-0.4, -0.2) is 18.2 Å². The molecule has 98 valence electrons. The minimum atomic E-state index is -3.15. The zero-order valence-electron chi connectivity index (χ0n) is 8.57. The topological polar surface area (TPSA) is 57.4 Å². The van der Waals surface area contributed by atoms with Crippen molar-refractivity contribution in [2.24, 2.45) is 0 Å². The van der Waals surface area contributed by atoms with Gasteiger partial charge in [-0.3, -0.25) is 0 Å². The maximum atomic E-state index is 12.1. The van der Waals surface area contributed by atoms with Crippen molar-refractivity contribution in [2.75, 3.05) is 5.73 Å². The minimum absolute atomic E-state index is 0.183. The molecule has 0 radical (unpaired) electrons. The molecule has 1 aromatic carbocycles. The Bertz CT molecular complexity index is 514. The number of ether oxygens (including phenoxy) is 2. The van der Waals surface area contributed by atoms with Crippen LogP contribution in [0, 0.1) is 0 Å². The second-order valence-electron chi connectivity index (χ2n) is 3.08. The third-order valence-corrected chi connectivity index (χ3v) is 2.75. The number of thiazole rings is 1. The first-order valence-corrected chi connectivity index (χ1v) is 5.37. The molecule has 0 amide bonds. The van der Waals surface area contributed by atoms with Crippen molar-refractivity contribution in [3.05, 3.63) is 12.1 Å². The van der Waals surface area contributed by atoms with E-state index in [0.29, 0.717) is 4.70 Å². The normalized spacial score (nSPS) is 11.4. The van der Waals surface area contributed by atoms with Crippen molar-refractivity contribution < 1.29 is 27.0 Å². The highest BCUT2D eigenvalue weighted by Crippen LogP contribution is 2.37. The van der Waals surface area contributed by atoms with E-state index in [1.165, 1.54) is 0 Å². The van der Waals surface area contributed by atoms with Crippen molar-refractivity contribution in [1.29, 1.82) is 0 Å². The van der Waals surface area contributed by atoms with Crippen molar-refractivity contribution in [2.45, 2.75) is 13.2 Å². The first kappa shape index (κ1) is 12.7. The number of fused-ring (bicyclic) bond motifs is 1. The monoisotopic (exact) mass is 282 g/mol. The number of rotatable bonds is 4. The molecule has 1 heterocycles. The highest BCUT2D eigenvalue weighted by molar-refractivity contribution is 7.22. The molecule has 0 fully saturated rings. The molecule has 0 saturated carbocycles. The average Bonchev–Trinajstić information content (AvgIpc) is 2.56. The fourth-order valence-corrected chi connectivity index (χ4v) is 2.07. The Labute approximate surface area is 102 Å². The summed E-state index contributed by atoms with van der Waals surface area (Å²) in [6, 6.07) is 2.21. The van der Waals surface area contributed by atoms with E-state index < -0.39 is 24.7 Å². The van der Waals surface area contributed by atoms with Gasteiger partial charge in [0.2, 0.25) is 0 Å². The molecule has 1 aromatic heterocycles. The predicted octanol–water partition coefficient (Wildman–Crippen LogP) is 3.08. The Morgan fingerprint density at radius 2 is 1.61 bits per heavy atom.